The van der Waals surface area contributed by atoms with Crippen LogP contribution in [0, 0.1) is 5.82 Å². The monoisotopic (exact) mass is 276 g/mol. The van der Waals surface area contributed by atoms with Crippen LogP contribution in [0.5, 0.6) is 0 Å². The average Bonchev–Trinajstić information content (AvgIpc) is 2.88. The van der Waals surface area contributed by atoms with Gasteiger partial charge in [-0.2, -0.15) is 0 Å². The number of rotatable bonds is 5. The Morgan fingerprint density at radius 1 is 1.45 bits per heavy atom. The van der Waals surface area contributed by atoms with E-state index in [2.05, 4.69) is 10.3 Å². The highest BCUT2D eigenvalue weighted by Crippen LogP contribution is 2.13. The first-order valence-corrected chi connectivity index (χ1v) is 6.38. The molecule has 0 fully saturated rings. The zero-order chi connectivity index (χ0) is 14.5. The third-order valence-electron chi connectivity index (χ3n) is 2.97. The molecule has 0 aliphatic carbocycles. The summed E-state index contributed by atoms with van der Waals surface area (Å²) in [6, 6.07) is 5.81. The van der Waals surface area contributed by atoms with Gasteiger partial charge >= 0.3 is 0 Å². The molecule has 1 unspecified atom stereocenters. The molecule has 0 saturated heterocycles. The first-order chi connectivity index (χ1) is 9.60. The van der Waals surface area contributed by atoms with Crippen molar-refractivity contribution in [2.24, 2.45) is 5.73 Å². The van der Waals surface area contributed by atoms with E-state index >= 15 is 0 Å². The minimum atomic E-state index is -0.298. The normalized spacial score (nSPS) is 12.2. The van der Waals surface area contributed by atoms with Crippen LogP contribution in [-0.4, -0.2) is 22.0 Å². The van der Waals surface area contributed by atoms with E-state index in [4.69, 9.17) is 5.73 Å². The van der Waals surface area contributed by atoms with Crippen LogP contribution in [0.1, 0.15) is 29.0 Å². The number of hydrogen-bond donors (Lipinski definition) is 2. The molecule has 1 aromatic heterocycles. The fourth-order valence-electron chi connectivity index (χ4n) is 1.85. The van der Waals surface area contributed by atoms with Crippen molar-refractivity contribution in [1.82, 2.24) is 14.9 Å². The van der Waals surface area contributed by atoms with Crippen molar-refractivity contribution in [2.75, 3.05) is 6.54 Å². The van der Waals surface area contributed by atoms with E-state index in [1.165, 1.54) is 12.1 Å². The van der Waals surface area contributed by atoms with Crippen LogP contribution in [0.3, 0.4) is 0 Å². The summed E-state index contributed by atoms with van der Waals surface area (Å²) in [6.07, 6.45) is 3.23. The Morgan fingerprint density at radius 2 is 2.15 bits per heavy atom. The van der Waals surface area contributed by atoms with Crippen LogP contribution in [0.25, 0.3) is 0 Å². The zero-order valence-corrected chi connectivity index (χ0v) is 11.2. The lowest BCUT2D eigenvalue weighted by Crippen LogP contribution is -2.27. The second-order valence-electron chi connectivity index (χ2n) is 4.53. The molecule has 5 nitrogen and oxygen atoms in total. The van der Waals surface area contributed by atoms with Crippen LogP contribution in [0.4, 0.5) is 4.39 Å². The molecule has 1 aromatic carbocycles. The summed E-state index contributed by atoms with van der Waals surface area (Å²) in [5.41, 5.74) is 6.61. The van der Waals surface area contributed by atoms with Gasteiger partial charge in [-0.25, -0.2) is 9.37 Å². The first-order valence-electron chi connectivity index (χ1n) is 6.38. The van der Waals surface area contributed by atoms with Gasteiger partial charge in [-0.05, 0) is 24.6 Å². The number of nitrogens with one attached hydrogen (secondary N) is 1. The fourth-order valence-corrected chi connectivity index (χ4v) is 1.85. The highest BCUT2D eigenvalue weighted by Gasteiger charge is 2.13. The number of nitrogens with two attached hydrogens (primary N) is 1. The van der Waals surface area contributed by atoms with Gasteiger partial charge in [-0.1, -0.05) is 12.1 Å². The topological polar surface area (TPSA) is 72.9 Å². The SMILES string of the molecule is CC(NC(=O)c1cn(CCN)cn1)c1ccc(F)cc1. The molecule has 1 heterocycles. The fraction of sp³-hybridized carbons (Fsp3) is 0.286. The van der Waals surface area contributed by atoms with Crippen molar-refractivity contribution in [2.45, 2.75) is 19.5 Å². The van der Waals surface area contributed by atoms with Crippen molar-refractivity contribution in [3.63, 3.8) is 0 Å². The first kappa shape index (κ1) is 14.2. The predicted molar refractivity (Wildman–Crippen MR) is 73.6 cm³/mol. The van der Waals surface area contributed by atoms with Gasteiger partial charge in [0.25, 0.3) is 5.91 Å². The lowest BCUT2D eigenvalue weighted by molar-refractivity contribution is 0.0935. The maximum absolute atomic E-state index is 12.8. The smallest absolute Gasteiger partial charge is 0.271 e. The van der Waals surface area contributed by atoms with Crippen LogP contribution < -0.4 is 11.1 Å². The molecule has 6 heteroatoms. The zero-order valence-electron chi connectivity index (χ0n) is 11.2. The van der Waals surface area contributed by atoms with Gasteiger partial charge in [0.15, 0.2) is 0 Å². The summed E-state index contributed by atoms with van der Waals surface area (Å²) >= 11 is 0. The van der Waals surface area contributed by atoms with E-state index in [1.54, 1.807) is 29.2 Å². The van der Waals surface area contributed by atoms with E-state index in [0.29, 0.717) is 18.8 Å². The molecule has 1 amide bonds. The molecule has 1 atom stereocenters. The van der Waals surface area contributed by atoms with Gasteiger partial charge in [-0.15, -0.1) is 0 Å². The number of aromatic nitrogens is 2. The highest BCUT2D eigenvalue weighted by molar-refractivity contribution is 5.92. The van der Waals surface area contributed by atoms with E-state index in [1.807, 2.05) is 6.92 Å². The maximum Gasteiger partial charge on any atom is 0.271 e. The van der Waals surface area contributed by atoms with E-state index in [9.17, 15) is 9.18 Å². The Kier molecular flexibility index (Phi) is 4.47. The highest BCUT2D eigenvalue weighted by atomic mass is 19.1. The Hall–Kier alpha value is -2.21. The summed E-state index contributed by atoms with van der Waals surface area (Å²) in [4.78, 5) is 16.1. The molecule has 3 N–H and O–H groups in total. The number of amides is 1. The van der Waals surface area contributed by atoms with E-state index < -0.39 is 0 Å². The minimum absolute atomic E-state index is 0.220. The van der Waals surface area contributed by atoms with Crippen LogP contribution >= 0.6 is 0 Å². The van der Waals surface area contributed by atoms with Gasteiger partial charge in [0, 0.05) is 19.3 Å². The molecule has 0 bridgehead atoms. The number of hydrogen-bond acceptors (Lipinski definition) is 3. The number of imidazole rings is 1. The summed E-state index contributed by atoms with van der Waals surface area (Å²) < 4.78 is 14.6. The summed E-state index contributed by atoms with van der Waals surface area (Å²) in [5.74, 6) is -0.564. The molecule has 106 valence electrons. The van der Waals surface area contributed by atoms with Gasteiger partial charge in [0.05, 0.1) is 12.4 Å². The van der Waals surface area contributed by atoms with Crippen LogP contribution in [0.15, 0.2) is 36.8 Å². The molecule has 2 rings (SSSR count). The van der Waals surface area contributed by atoms with Crippen LogP contribution in [-0.2, 0) is 6.54 Å². The van der Waals surface area contributed by atoms with E-state index in [-0.39, 0.29) is 17.8 Å². The molecular weight excluding hydrogens is 259 g/mol. The maximum atomic E-state index is 12.8. The molecular formula is C14H17FN4O. The number of nitrogens with zero attached hydrogens (tertiary/aromatic N) is 2. The standard InChI is InChI=1S/C14H17FN4O/c1-10(11-2-4-12(15)5-3-11)18-14(20)13-8-19(7-6-16)9-17-13/h2-5,8-10H,6-7,16H2,1H3,(H,18,20). The second kappa shape index (κ2) is 6.29. The van der Waals surface area contributed by atoms with Crippen molar-refractivity contribution in [1.29, 1.82) is 0 Å². The number of carbonyl (C=O) groups is 1. The Morgan fingerprint density at radius 3 is 2.80 bits per heavy atom. The largest absolute Gasteiger partial charge is 0.344 e. The lowest BCUT2D eigenvalue weighted by atomic mass is 10.1. The quantitative estimate of drug-likeness (QED) is 0.868. The molecule has 20 heavy (non-hydrogen) atoms. The molecule has 0 saturated carbocycles. The number of halogens is 1. The summed E-state index contributed by atoms with van der Waals surface area (Å²) in [6.45, 7) is 2.94. The molecule has 2 aromatic rings. The Balaban J connectivity index is 2.01. The molecule has 0 aliphatic heterocycles. The third kappa shape index (κ3) is 3.42. The summed E-state index contributed by atoms with van der Waals surface area (Å²) in [7, 11) is 0. The Bertz CT molecular complexity index is 579. The van der Waals surface area contributed by atoms with Gasteiger partial charge in [0.2, 0.25) is 0 Å². The molecule has 0 spiro atoms. The van der Waals surface area contributed by atoms with Crippen molar-refractivity contribution in [3.8, 4) is 0 Å². The summed E-state index contributed by atoms with van der Waals surface area (Å²) in [5, 5.41) is 2.82. The van der Waals surface area contributed by atoms with Crippen molar-refractivity contribution < 1.29 is 9.18 Å². The van der Waals surface area contributed by atoms with Gasteiger partial charge < -0.3 is 15.6 Å². The Labute approximate surface area is 116 Å². The minimum Gasteiger partial charge on any atom is -0.344 e. The van der Waals surface area contributed by atoms with Crippen LogP contribution in [0.2, 0.25) is 0 Å². The van der Waals surface area contributed by atoms with Crippen molar-refractivity contribution in [3.05, 3.63) is 53.9 Å². The van der Waals surface area contributed by atoms with Crippen molar-refractivity contribution >= 4 is 5.91 Å². The van der Waals surface area contributed by atoms with Gasteiger partial charge in [-0.3, -0.25) is 4.79 Å². The number of benzene rings is 1. The van der Waals surface area contributed by atoms with E-state index in [0.717, 1.165) is 5.56 Å². The third-order valence-corrected chi connectivity index (χ3v) is 2.97. The number of carbonyl (C=O) groups excluding carboxylic acids is 1. The lowest BCUT2D eigenvalue weighted by Gasteiger charge is -2.13. The predicted octanol–water partition coefficient (Wildman–Crippen LogP) is 1.47. The average molecular weight is 276 g/mol. The molecule has 0 radical (unpaired) electrons. The molecule has 0 aliphatic rings. The second-order valence-corrected chi connectivity index (χ2v) is 4.53. The van der Waals surface area contributed by atoms with Gasteiger partial charge in [0.1, 0.15) is 11.5 Å².